The zero-order chi connectivity index (χ0) is 17.8. The Balaban J connectivity index is 2.31. The normalized spacial score (nSPS) is 10.2. The van der Waals surface area contributed by atoms with Crippen molar-refractivity contribution in [2.24, 2.45) is 0 Å². The van der Waals surface area contributed by atoms with E-state index in [2.05, 4.69) is 17.0 Å². The van der Waals surface area contributed by atoms with Crippen LogP contribution in [-0.4, -0.2) is 30.9 Å². The van der Waals surface area contributed by atoms with E-state index < -0.39 is 12.1 Å². The summed E-state index contributed by atoms with van der Waals surface area (Å²) in [7, 11) is 1.26. The third-order valence-electron chi connectivity index (χ3n) is 3.64. The number of amides is 1. The van der Waals surface area contributed by atoms with E-state index in [4.69, 9.17) is 4.74 Å². The van der Waals surface area contributed by atoms with Crippen LogP contribution in [0.5, 0.6) is 5.75 Å². The van der Waals surface area contributed by atoms with E-state index in [1.807, 2.05) is 0 Å². The van der Waals surface area contributed by atoms with Crippen LogP contribution in [0.1, 0.15) is 62.2 Å². The number of ether oxygens (including phenoxy) is 2. The van der Waals surface area contributed by atoms with Crippen molar-refractivity contribution >= 4 is 17.7 Å². The molecular weight excluding hydrogens is 310 g/mol. The van der Waals surface area contributed by atoms with Gasteiger partial charge in [0.1, 0.15) is 5.75 Å². The molecule has 1 aromatic carbocycles. The number of phenols is 1. The highest BCUT2D eigenvalue weighted by Gasteiger charge is 2.12. The van der Waals surface area contributed by atoms with Crippen LogP contribution in [0.15, 0.2) is 18.2 Å². The van der Waals surface area contributed by atoms with E-state index >= 15 is 0 Å². The van der Waals surface area contributed by atoms with Crippen LogP contribution in [0.2, 0.25) is 0 Å². The van der Waals surface area contributed by atoms with E-state index in [-0.39, 0.29) is 17.0 Å². The molecule has 6 nitrogen and oxygen atoms in total. The minimum atomic E-state index is -0.654. The third kappa shape index (κ3) is 7.35. The maximum Gasteiger partial charge on any atom is 0.411 e. The number of carbonyl (C=O) groups excluding carboxylic acids is 2. The highest BCUT2D eigenvalue weighted by Crippen LogP contribution is 2.24. The Morgan fingerprint density at radius 3 is 2.42 bits per heavy atom. The molecule has 0 aliphatic rings. The molecule has 0 saturated heterocycles. The van der Waals surface area contributed by atoms with Crippen molar-refractivity contribution in [3.05, 3.63) is 23.8 Å². The van der Waals surface area contributed by atoms with E-state index in [1.54, 1.807) is 0 Å². The lowest BCUT2D eigenvalue weighted by Crippen LogP contribution is -2.15. The van der Waals surface area contributed by atoms with Crippen molar-refractivity contribution in [3.8, 4) is 5.75 Å². The molecule has 0 unspecified atom stereocenters. The fraction of sp³-hybridized carbons (Fsp3) is 0.556. The molecule has 0 spiro atoms. The standard InChI is InChI=1S/C18H27NO5/c1-3-4-5-6-7-8-9-12-24-18(22)19-15-13-14(17(21)23-2)10-11-16(15)20/h10-11,13,20H,3-9,12H2,1-2H3,(H,19,22). The molecule has 0 radical (unpaired) electrons. The number of phenolic OH excluding ortho intramolecular Hbond substituents is 1. The molecule has 0 aliphatic carbocycles. The fourth-order valence-electron chi connectivity index (χ4n) is 2.25. The van der Waals surface area contributed by atoms with Crippen LogP contribution >= 0.6 is 0 Å². The summed E-state index contributed by atoms with van der Waals surface area (Å²) in [5.41, 5.74) is 0.347. The van der Waals surface area contributed by atoms with Gasteiger partial charge in [0.05, 0.1) is 25.0 Å². The summed E-state index contributed by atoms with van der Waals surface area (Å²) in [5.74, 6) is -0.690. The van der Waals surface area contributed by atoms with Crippen LogP contribution in [0.25, 0.3) is 0 Å². The van der Waals surface area contributed by atoms with Gasteiger partial charge in [-0.15, -0.1) is 0 Å². The molecule has 0 heterocycles. The molecule has 0 aliphatic heterocycles. The SMILES string of the molecule is CCCCCCCCCOC(=O)Nc1cc(C(=O)OC)ccc1O. The van der Waals surface area contributed by atoms with Crippen LogP contribution in [0.4, 0.5) is 10.5 Å². The quantitative estimate of drug-likeness (QED) is 0.373. The van der Waals surface area contributed by atoms with Crippen LogP contribution in [0, 0.1) is 0 Å². The number of hydrogen-bond donors (Lipinski definition) is 2. The van der Waals surface area contributed by atoms with Gasteiger partial charge in [-0.3, -0.25) is 5.32 Å². The molecule has 1 amide bonds. The fourth-order valence-corrected chi connectivity index (χ4v) is 2.25. The van der Waals surface area contributed by atoms with Crippen molar-refractivity contribution in [2.45, 2.75) is 51.9 Å². The molecule has 0 fully saturated rings. The number of aromatic hydroxyl groups is 1. The largest absolute Gasteiger partial charge is 0.506 e. The Morgan fingerprint density at radius 2 is 1.75 bits per heavy atom. The number of carbonyl (C=O) groups is 2. The predicted octanol–water partition coefficient (Wildman–Crippen LogP) is 4.48. The Labute approximate surface area is 143 Å². The topological polar surface area (TPSA) is 84.9 Å². The average molecular weight is 337 g/mol. The Kier molecular flexibility index (Phi) is 9.34. The summed E-state index contributed by atoms with van der Waals surface area (Å²) in [4.78, 5) is 23.2. The van der Waals surface area contributed by atoms with Gasteiger partial charge in [0.15, 0.2) is 0 Å². The first-order valence-electron chi connectivity index (χ1n) is 8.43. The van der Waals surface area contributed by atoms with Crippen molar-refractivity contribution in [1.82, 2.24) is 0 Å². The van der Waals surface area contributed by atoms with Gasteiger partial charge in [0.25, 0.3) is 0 Å². The van der Waals surface area contributed by atoms with Gasteiger partial charge < -0.3 is 14.6 Å². The number of rotatable bonds is 10. The first-order valence-corrected chi connectivity index (χ1v) is 8.43. The summed E-state index contributed by atoms with van der Waals surface area (Å²) in [6, 6.07) is 4.07. The van der Waals surface area contributed by atoms with Gasteiger partial charge in [-0.05, 0) is 24.6 Å². The maximum atomic E-state index is 11.7. The zero-order valence-corrected chi connectivity index (χ0v) is 14.5. The summed E-state index contributed by atoms with van der Waals surface area (Å²) in [5, 5.41) is 12.2. The summed E-state index contributed by atoms with van der Waals surface area (Å²) in [6.07, 6.45) is 7.31. The summed E-state index contributed by atoms with van der Waals surface area (Å²) < 4.78 is 9.68. The highest BCUT2D eigenvalue weighted by atomic mass is 16.5. The number of esters is 1. The van der Waals surface area contributed by atoms with E-state index in [9.17, 15) is 14.7 Å². The monoisotopic (exact) mass is 337 g/mol. The first-order chi connectivity index (χ1) is 11.6. The van der Waals surface area contributed by atoms with Crippen molar-refractivity contribution < 1.29 is 24.2 Å². The molecule has 134 valence electrons. The first kappa shape index (κ1) is 19.8. The second-order valence-corrected chi connectivity index (χ2v) is 5.61. The van der Waals surface area contributed by atoms with Crippen molar-refractivity contribution in [2.75, 3.05) is 19.0 Å². The maximum absolute atomic E-state index is 11.7. The lowest BCUT2D eigenvalue weighted by Gasteiger charge is -2.09. The van der Waals surface area contributed by atoms with E-state index in [0.29, 0.717) is 6.61 Å². The number of methoxy groups -OCH3 is 1. The lowest BCUT2D eigenvalue weighted by molar-refractivity contribution is 0.0600. The van der Waals surface area contributed by atoms with Crippen LogP contribution in [-0.2, 0) is 9.47 Å². The zero-order valence-electron chi connectivity index (χ0n) is 14.5. The van der Waals surface area contributed by atoms with Crippen molar-refractivity contribution in [3.63, 3.8) is 0 Å². The number of benzene rings is 1. The average Bonchev–Trinajstić information content (AvgIpc) is 2.58. The number of anilines is 1. The lowest BCUT2D eigenvalue weighted by atomic mass is 10.1. The molecule has 0 saturated carbocycles. The van der Waals surface area contributed by atoms with Crippen LogP contribution in [0.3, 0.4) is 0 Å². The number of hydrogen-bond acceptors (Lipinski definition) is 5. The second-order valence-electron chi connectivity index (χ2n) is 5.61. The highest BCUT2D eigenvalue weighted by molar-refractivity contribution is 5.93. The van der Waals surface area contributed by atoms with Gasteiger partial charge in [-0.25, -0.2) is 9.59 Å². The van der Waals surface area contributed by atoms with Gasteiger partial charge in [0.2, 0.25) is 0 Å². The molecule has 6 heteroatoms. The van der Waals surface area contributed by atoms with Gasteiger partial charge in [-0.1, -0.05) is 45.4 Å². The Hall–Kier alpha value is -2.24. The van der Waals surface area contributed by atoms with Gasteiger partial charge >= 0.3 is 12.1 Å². The minimum absolute atomic E-state index is 0.113. The molecular formula is C18H27NO5. The number of unbranched alkanes of at least 4 members (excludes halogenated alkanes) is 6. The van der Waals surface area contributed by atoms with Crippen LogP contribution < -0.4 is 5.32 Å². The molecule has 24 heavy (non-hydrogen) atoms. The predicted molar refractivity (Wildman–Crippen MR) is 92.4 cm³/mol. The smallest absolute Gasteiger partial charge is 0.411 e. The molecule has 0 atom stereocenters. The Bertz CT molecular complexity index is 530. The summed E-state index contributed by atoms with van der Waals surface area (Å²) in [6.45, 7) is 2.52. The number of nitrogens with one attached hydrogen (secondary N) is 1. The second kappa shape index (κ2) is 11.3. The molecule has 0 bridgehead atoms. The summed E-state index contributed by atoms with van der Waals surface area (Å²) >= 11 is 0. The Morgan fingerprint density at radius 1 is 1.08 bits per heavy atom. The van der Waals surface area contributed by atoms with Gasteiger partial charge in [0, 0.05) is 0 Å². The van der Waals surface area contributed by atoms with Crippen molar-refractivity contribution in [1.29, 1.82) is 0 Å². The third-order valence-corrected chi connectivity index (χ3v) is 3.64. The van der Waals surface area contributed by atoms with E-state index in [0.717, 1.165) is 19.3 Å². The van der Waals surface area contributed by atoms with E-state index in [1.165, 1.54) is 51.0 Å². The molecule has 0 aromatic heterocycles. The van der Waals surface area contributed by atoms with Gasteiger partial charge in [-0.2, -0.15) is 0 Å². The molecule has 1 aromatic rings. The minimum Gasteiger partial charge on any atom is -0.506 e. The molecule has 2 N–H and O–H groups in total. The molecule has 1 rings (SSSR count).